The molecule has 1 aromatic carbocycles. The number of nitrogen functional groups attached to an aromatic ring is 1. The zero-order chi connectivity index (χ0) is 13.8. The van der Waals surface area contributed by atoms with Crippen molar-refractivity contribution in [3.8, 4) is 0 Å². The van der Waals surface area contributed by atoms with Crippen LogP contribution in [0.3, 0.4) is 0 Å². The number of nitrogens with two attached hydrogens (primary N) is 1. The lowest BCUT2D eigenvalue weighted by molar-refractivity contribution is -0.132. The number of nitrogens with zero attached hydrogens (tertiary/aromatic N) is 1. The summed E-state index contributed by atoms with van der Waals surface area (Å²) in [6.45, 7) is 4.12. The molecule has 19 heavy (non-hydrogen) atoms. The van der Waals surface area contributed by atoms with Crippen LogP contribution in [0.1, 0.15) is 5.56 Å². The number of morpholine rings is 1. The van der Waals surface area contributed by atoms with Gasteiger partial charge in [0, 0.05) is 23.7 Å². The molecule has 2 rings (SSSR count). The predicted molar refractivity (Wildman–Crippen MR) is 74.3 cm³/mol. The summed E-state index contributed by atoms with van der Waals surface area (Å²) in [5.41, 5.74) is 7.15. The van der Waals surface area contributed by atoms with Gasteiger partial charge in [0.15, 0.2) is 0 Å². The molecule has 0 aromatic heterocycles. The number of carbonyl (C=O) groups excluding carboxylic acids is 1. The molecule has 0 spiro atoms. The minimum atomic E-state index is -1.32. The average Bonchev–Trinajstić information content (AvgIpc) is 2.39. The van der Waals surface area contributed by atoms with Gasteiger partial charge in [-0.15, -0.1) is 0 Å². The standard InChI is InChI=1S/C13H18N2O3S/c1-10-8-11(14)2-3-12(10)19(17)9-13(16)15-4-6-18-7-5-15/h2-3,8H,4-7,9,14H2,1H3. The molecule has 2 N–H and O–H groups in total. The SMILES string of the molecule is Cc1cc(N)ccc1S(=O)CC(=O)N1CCOCC1. The molecule has 1 amide bonds. The van der Waals surface area contributed by atoms with Gasteiger partial charge in [0.25, 0.3) is 0 Å². The molecular weight excluding hydrogens is 264 g/mol. The van der Waals surface area contributed by atoms with E-state index >= 15 is 0 Å². The van der Waals surface area contributed by atoms with E-state index in [1.807, 2.05) is 6.92 Å². The van der Waals surface area contributed by atoms with Crippen LogP contribution in [0.15, 0.2) is 23.1 Å². The maximum atomic E-state index is 12.2. The van der Waals surface area contributed by atoms with Gasteiger partial charge in [-0.3, -0.25) is 9.00 Å². The number of benzene rings is 1. The molecule has 1 aliphatic heterocycles. The highest BCUT2D eigenvalue weighted by molar-refractivity contribution is 7.85. The number of carbonyl (C=O) groups is 1. The molecule has 0 bridgehead atoms. The molecule has 1 atom stereocenters. The molecule has 6 heteroatoms. The van der Waals surface area contributed by atoms with E-state index in [2.05, 4.69) is 0 Å². The molecule has 1 aliphatic rings. The van der Waals surface area contributed by atoms with Gasteiger partial charge in [0.05, 0.1) is 24.0 Å². The van der Waals surface area contributed by atoms with Crippen LogP contribution >= 0.6 is 0 Å². The Hall–Kier alpha value is -1.40. The normalized spacial score (nSPS) is 17.2. The first-order valence-corrected chi connectivity index (χ1v) is 7.50. The number of hydrogen-bond donors (Lipinski definition) is 1. The van der Waals surface area contributed by atoms with Crippen molar-refractivity contribution in [1.82, 2.24) is 4.90 Å². The molecule has 0 aliphatic carbocycles. The molecular formula is C13H18N2O3S. The van der Waals surface area contributed by atoms with E-state index in [9.17, 15) is 9.00 Å². The average molecular weight is 282 g/mol. The molecule has 1 heterocycles. The van der Waals surface area contributed by atoms with Crippen LogP contribution in [0.4, 0.5) is 5.69 Å². The lowest BCUT2D eigenvalue weighted by atomic mass is 10.2. The number of amides is 1. The second-order valence-corrected chi connectivity index (χ2v) is 5.93. The van der Waals surface area contributed by atoms with Gasteiger partial charge in [-0.1, -0.05) is 0 Å². The Balaban J connectivity index is 2.02. The van der Waals surface area contributed by atoms with Crippen LogP contribution in [-0.4, -0.2) is 47.1 Å². The van der Waals surface area contributed by atoms with E-state index in [-0.39, 0.29) is 11.7 Å². The van der Waals surface area contributed by atoms with Gasteiger partial charge in [-0.2, -0.15) is 0 Å². The Morgan fingerprint density at radius 3 is 2.74 bits per heavy atom. The molecule has 0 saturated carbocycles. The highest BCUT2D eigenvalue weighted by atomic mass is 32.2. The fraction of sp³-hybridized carbons (Fsp3) is 0.462. The summed E-state index contributed by atoms with van der Waals surface area (Å²) in [5.74, 6) is -0.0667. The molecule has 0 radical (unpaired) electrons. The van der Waals surface area contributed by atoms with Crippen LogP contribution in [0.2, 0.25) is 0 Å². The van der Waals surface area contributed by atoms with Crippen molar-refractivity contribution >= 4 is 22.4 Å². The van der Waals surface area contributed by atoms with Gasteiger partial charge in [-0.25, -0.2) is 0 Å². The number of rotatable bonds is 3. The summed E-state index contributed by atoms with van der Waals surface area (Å²) in [6.07, 6.45) is 0. The van der Waals surface area contributed by atoms with Crippen molar-refractivity contribution in [2.24, 2.45) is 0 Å². The quantitative estimate of drug-likeness (QED) is 0.822. The summed E-state index contributed by atoms with van der Waals surface area (Å²) < 4.78 is 17.4. The molecule has 1 saturated heterocycles. The minimum Gasteiger partial charge on any atom is -0.399 e. The highest BCUT2D eigenvalue weighted by Gasteiger charge is 2.20. The van der Waals surface area contributed by atoms with E-state index < -0.39 is 10.8 Å². The molecule has 5 nitrogen and oxygen atoms in total. The summed E-state index contributed by atoms with van der Waals surface area (Å²) in [6, 6.07) is 5.21. The van der Waals surface area contributed by atoms with Crippen molar-refractivity contribution in [2.75, 3.05) is 37.8 Å². The zero-order valence-electron chi connectivity index (χ0n) is 10.9. The van der Waals surface area contributed by atoms with Crippen LogP contribution in [0.25, 0.3) is 0 Å². The van der Waals surface area contributed by atoms with Gasteiger partial charge < -0.3 is 15.4 Å². The monoisotopic (exact) mass is 282 g/mol. The lowest BCUT2D eigenvalue weighted by Crippen LogP contribution is -2.42. The van der Waals surface area contributed by atoms with Crippen LogP contribution in [0, 0.1) is 6.92 Å². The summed E-state index contributed by atoms with van der Waals surface area (Å²) in [4.78, 5) is 14.4. The topological polar surface area (TPSA) is 72.6 Å². The van der Waals surface area contributed by atoms with Crippen LogP contribution in [-0.2, 0) is 20.3 Å². The lowest BCUT2D eigenvalue weighted by Gasteiger charge is -2.26. The first-order chi connectivity index (χ1) is 9.08. The summed E-state index contributed by atoms with van der Waals surface area (Å²) in [5, 5.41) is 0. The maximum Gasteiger partial charge on any atom is 0.235 e. The summed E-state index contributed by atoms with van der Waals surface area (Å²) >= 11 is 0. The third kappa shape index (κ3) is 3.54. The fourth-order valence-electron chi connectivity index (χ4n) is 2.02. The van der Waals surface area contributed by atoms with E-state index in [4.69, 9.17) is 10.5 Å². The number of aryl methyl sites for hydroxylation is 1. The third-order valence-electron chi connectivity index (χ3n) is 3.06. The Morgan fingerprint density at radius 1 is 1.42 bits per heavy atom. The van der Waals surface area contributed by atoms with Crippen molar-refractivity contribution < 1.29 is 13.7 Å². The largest absolute Gasteiger partial charge is 0.399 e. The van der Waals surface area contributed by atoms with Crippen molar-refractivity contribution in [2.45, 2.75) is 11.8 Å². The van der Waals surface area contributed by atoms with E-state index in [1.54, 1.807) is 23.1 Å². The summed E-state index contributed by atoms with van der Waals surface area (Å²) in [7, 11) is -1.32. The Bertz CT molecular complexity index is 499. The fourth-order valence-corrected chi connectivity index (χ4v) is 3.22. The highest BCUT2D eigenvalue weighted by Crippen LogP contribution is 2.17. The Kier molecular flexibility index (Phi) is 4.55. The second kappa shape index (κ2) is 6.16. The smallest absolute Gasteiger partial charge is 0.235 e. The van der Waals surface area contributed by atoms with E-state index in [0.29, 0.717) is 36.9 Å². The number of anilines is 1. The molecule has 104 valence electrons. The van der Waals surface area contributed by atoms with Crippen LogP contribution < -0.4 is 5.73 Å². The minimum absolute atomic E-state index is 0.0186. The first-order valence-electron chi connectivity index (χ1n) is 6.18. The maximum absolute atomic E-state index is 12.2. The van der Waals surface area contributed by atoms with Gasteiger partial charge >= 0.3 is 0 Å². The number of hydrogen-bond acceptors (Lipinski definition) is 4. The van der Waals surface area contributed by atoms with Crippen molar-refractivity contribution in [3.05, 3.63) is 23.8 Å². The Labute approximate surface area is 115 Å². The molecule has 1 unspecified atom stereocenters. The zero-order valence-corrected chi connectivity index (χ0v) is 11.7. The molecule has 1 fully saturated rings. The Morgan fingerprint density at radius 2 is 2.11 bits per heavy atom. The third-order valence-corrected chi connectivity index (χ3v) is 4.52. The van der Waals surface area contributed by atoms with E-state index in [0.717, 1.165) is 5.56 Å². The molecule has 1 aromatic rings. The van der Waals surface area contributed by atoms with Crippen LogP contribution in [0.5, 0.6) is 0 Å². The number of ether oxygens (including phenoxy) is 1. The van der Waals surface area contributed by atoms with Gasteiger partial charge in [-0.05, 0) is 30.7 Å². The second-order valence-electron chi connectivity index (χ2n) is 4.51. The van der Waals surface area contributed by atoms with E-state index in [1.165, 1.54) is 0 Å². The van der Waals surface area contributed by atoms with Crippen molar-refractivity contribution in [3.63, 3.8) is 0 Å². The first kappa shape index (κ1) is 14.0. The van der Waals surface area contributed by atoms with Gasteiger partial charge in [0.2, 0.25) is 5.91 Å². The predicted octanol–water partition coefficient (Wildman–Crippen LogP) is 0.544. The van der Waals surface area contributed by atoms with Gasteiger partial charge in [0.1, 0.15) is 5.75 Å². The van der Waals surface area contributed by atoms with Crippen molar-refractivity contribution in [1.29, 1.82) is 0 Å².